The molecule has 84 valence electrons. The summed E-state index contributed by atoms with van der Waals surface area (Å²) in [5.41, 5.74) is 2.06. The number of methoxy groups -OCH3 is 1. The minimum atomic E-state index is -0.354. The minimum absolute atomic E-state index is 0.157. The highest BCUT2D eigenvalue weighted by Gasteiger charge is 2.48. The minimum Gasteiger partial charge on any atom is -0.497 e. The van der Waals surface area contributed by atoms with Crippen molar-refractivity contribution >= 4 is 5.91 Å². The second-order valence-electron chi connectivity index (χ2n) is 4.93. The van der Waals surface area contributed by atoms with E-state index in [4.69, 9.17) is 4.74 Å². The quantitative estimate of drug-likeness (QED) is 0.772. The molecule has 1 aliphatic heterocycles. The molecule has 0 spiro atoms. The third kappa shape index (κ3) is 1.11. The van der Waals surface area contributed by atoms with Crippen LogP contribution in [-0.4, -0.2) is 19.1 Å². The van der Waals surface area contributed by atoms with Crippen LogP contribution in [-0.2, 0) is 16.6 Å². The highest BCUT2D eigenvalue weighted by atomic mass is 16.5. The normalized spacial score (nSPS) is 30.9. The zero-order valence-electron chi connectivity index (χ0n) is 9.54. The van der Waals surface area contributed by atoms with E-state index in [2.05, 4.69) is 11.4 Å². The molecule has 2 unspecified atom stereocenters. The van der Waals surface area contributed by atoms with Crippen molar-refractivity contribution in [1.29, 1.82) is 0 Å². The van der Waals surface area contributed by atoms with Gasteiger partial charge in [-0.1, -0.05) is 6.07 Å². The van der Waals surface area contributed by atoms with E-state index in [0.717, 1.165) is 24.2 Å². The van der Waals surface area contributed by atoms with E-state index in [0.29, 0.717) is 6.04 Å². The van der Waals surface area contributed by atoms with E-state index in [-0.39, 0.29) is 11.3 Å². The Morgan fingerprint density at radius 2 is 2.31 bits per heavy atom. The summed E-state index contributed by atoms with van der Waals surface area (Å²) >= 11 is 0. The molecule has 1 amide bonds. The Bertz CT molecular complexity index is 469. The van der Waals surface area contributed by atoms with Gasteiger partial charge < -0.3 is 10.1 Å². The third-order valence-electron chi connectivity index (χ3n) is 3.87. The average Bonchev–Trinajstić information content (AvgIpc) is 2.51. The van der Waals surface area contributed by atoms with Gasteiger partial charge in [0.2, 0.25) is 5.91 Å². The molecule has 0 radical (unpaired) electrons. The molecule has 0 aromatic heterocycles. The van der Waals surface area contributed by atoms with Crippen LogP contribution in [0.3, 0.4) is 0 Å². The molecule has 16 heavy (non-hydrogen) atoms. The molecule has 2 aliphatic rings. The first-order chi connectivity index (χ1) is 7.63. The Morgan fingerprint density at radius 3 is 3.06 bits per heavy atom. The number of hydrogen-bond donors (Lipinski definition) is 1. The number of amides is 1. The lowest BCUT2D eigenvalue weighted by atomic mass is 9.72. The molecule has 2 atom stereocenters. The predicted molar refractivity (Wildman–Crippen MR) is 60.6 cm³/mol. The van der Waals surface area contributed by atoms with E-state index < -0.39 is 0 Å². The fourth-order valence-corrected chi connectivity index (χ4v) is 2.98. The molecule has 1 heterocycles. The van der Waals surface area contributed by atoms with Crippen LogP contribution < -0.4 is 10.1 Å². The number of carbonyl (C=O) groups excluding carboxylic acids is 1. The van der Waals surface area contributed by atoms with Gasteiger partial charge in [0.25, 0.3) is 0 Å². The van der Waals surface area contributed by atoms with E-state index in [1.807, 2.05) is 19.1 Å². The fourth-order valence-electron chi connectivity index (χ4n) is 2.98. The molecule has 3 nitrogen and oxygen atoms in total. The SMILES string of the molecule is COc1ccc2c(c1)C1(C)CC(C2)NC1=O. The zero-order valence-corrected chi connectivity index (χ0v) is 9.54. The summed E-state index contributed by atoms with van der Waals surface area (Å²) in [5.74, 6) is 0.989. The molecule has 1 fully saturated rings. The van der Waals surface area contributed by atoms with E-state index in [9.17, 15) is 4.79 Å². The van der Waals surface area contributed by atoms with Crippen LogP contribution in [0.5, 0.6) is 5.75 Å². The predicted octanol–water partition coefficient (Wildman–Crippen LogP) is 1.40. The van der Waals surface area contributed by atoms with E-state index >= 15 is 0 Å². The smallest absolute Gasteiger partial charge is 0.230 e. The molecular weight excluding hydrogens is 202 g/mol. The topological polar surface area (TPSA) is 38.3 Å². The van der Waals surface area contributed by atoms with Crippen LogP contribution in [0.4, 0.5) is 0 Å². The number of benzene rings is 1. The molecule has 0 saturated carbocycles. The largest absolute Gasteiger partial charge is 0.497 e. The van der Waals surface area contributed by atoms with Gasteiger partial charge >= 0.3 is 0 Å². The highest BCUT2D eigenvalue weighted by Crippen LogP contribution is 2.42. The summed E-state index contributed by atoms with van der Waals surface area (Å²) in [6.45, 7) is 2.03. The van der Waals surface area contributed by atoms with Crippen molar-refractivity contribution in [2.45, 2.75) is 31.2 Å². The lowest BCUT2D eigenvalue weighted by Crippen LogP contribution is -2.32. The first kappa shape index (κ1) is 9.70. The molecular formula is C13H15NO2. The Balaban J connectivity index is 2.18. The number of rotatable bonds is 1. The summed E-state index contributed by atoms with van der Waals surface area (Å²) in [7, 11) is 1.66. The van der Waals surface area contributed by atoms with Crippen LogP contribution in [0.25, 0.3) is 0 Å². The summed E-state index contributed by atoms with van der Waals surface area (Å²) in [6.07, 6.45) is 1.85. The van der Waals surface area contributed by atoms with Crippen molar-refractivity contribution in [3.63, 3.8) is 0 Å². The highest BCUT2D eigenvalue weighted by molar-refractivity contribution is 5.91. The zero-order chi connectivity index (χ0) is 11.3. The maximum Gasteiger partial charge on any atom is 0.230 e. The van der Waals surface area contributed by atoms with Crippen LogP contribution in [0.2, 0.25) is 0 Å². The van der Waals surface area contributed by atoms with Gasteiger partial charge in [-0.05, 0) is 43.0 Å². The van der Waals surface area contributed by atoms with Crippen LogP contribution in [0.15, 0.2) is 18.2 Å². The number of nitrogens with one attached hydrogen (secondary N) is 1. The van der Waals surface area contributed by atoms with Gasteiger partial charge in [-0.15, -0.1) is 0 Å². The molecule has 3 rings (SSSR count). The maximum atomic E-state index is 12.0. The second kappa shape index (κ2) is 3.00. The van der Waals surface area contributed by atoms with Crippen molar-refractivity contribution in [2.75, 3.05) is 7.11 Å². The van der Waals surface area contributed by atoms with Crippen molar-refractivity contribution in [3.8, 4) is 5.75 Å². The summed E-state index contributed by atoms with van der Waals surface area (Å²) in [6, 6.07) is 6.38. The number of carbonyl (C=O) groups is 1. The van der Waals surface area contributed by atoms with Crippen LogP contribution >= 0.6 is 0 Å². The number of fused-ring (bicyclic) bond motifs is 4. The summed E-state index contributed by atoms with van der Waals surface area (Å²) in [4.78, 5) is 12.0. The number of hydrogen-bond acceptors (Lipinski definition) is 2. The van der Waals surface area contributed by atoms with Crippen LogP contribution in [0.1, 0.15) is 24.5 Å². The Morgan fingerprint density at radius 1 is 1.50 bits per heavy atom. The van der Waals surface area contributed by atoms with Gasteiger partial charge in [0, 0.05) is 6.04 Å². The van der Waals surface area contributed by atoms with Crippen molar-refractivity contribution in [1.82, 2.24) is 5.32 Å². The van der Waals surface area contributed by atoms with Gasteiger partial charge in [-0.25, -0.2) is 0 Å². The Labute approximate surface area is 94.8 Å². The molecule has 3 heteroatoms. The standard InChI is InChI=1S/C13H15NO2/c1-13-7-9(14-12(13)15)5-8-3-4-10(16-2)6-11(8)13/h3-4,6,9H,5,7H2,1-2H3,(H,14,15). The van der Waals surface area contributed by atoms with Gasteiger partial charge in [0.1, 0.15) is 5.75 Å². The van der Waals surface area contributed by atoms with Crippen molar-refractivity contribution < 1.29 is 9.53 Å². The van der Waals surface area contributed by atoms with Gasteiger partial charge in [-0.3, -0.25) is 4.79 Å². The van der Waals surface area contributed by atoms with E-state index in [1.165, 1.54) is 5.56 Å². The number of ether oxygens (including phenoxy) is 1. The average molecular weight is 217 g/mol. The maximum absolute atomic E-state index is 12.0. The molecule has 1 aliphatic carbocycles. The third-order valence-corrected chi connectivity index (χ3v) is 3.87. The second-order valence-corrected chi connectivity index (χ2v) is 4.93. The first-order valence-corrected chi connectivity index (χ1v) is 5.62. The molecule has 1 aromatic carbocycles. The van der Waals surface area contributed by atoms with Gasteiger partial charge in [0.05, 0.1) is 12.5 Å². The monoisotopic (exact) mass is 217 g/mol. The molecule has 1 N–H and O–H groups in total. The van der Waals surface area contributed by atoms with Gasteiger partial charge in [0.15, 0.2) is 0 Å². The Hall–Kier alpha value is -1.51. The van der Waals surface area contributed by atoms with Crippen molar-refractivity contribution in [2.24, 2.45) is 0 Å². The Kier molecular flexibility index (Phi) is 1.82. The molecule has 1 saturated heterocycles. The van der Waals surface area contributed by atoms with Crippen molar-refractivity contribution in [3.05, 3.63) is 29.3 Å². The van der Waals surface area contributed by atoms with E-state index in [1.54, 1.807) is 7.11 Å². The lowest BCUT2D eigenvalue weighted by molar-refractivity contribution is -0.123. The molecule has 2 bridgehead atoms. The lowest BCUT2D eigenvalue weighted by Gasteiger charge is -2.29. The molecule has 1 aromatic rings. The first-order valence-electron chi connectivity index (χ1n) is 5.62. The summed E-state index contributed by atoms with van der Waals surface area (Å²) in [5, 5.41) is 3.06. The summed E-state index contributed by atoms with van der Waals surface area (Å²) < 4.78 is 5.24. The fraction of sp³-hybridized carbons (Fsp3) is 0.462. The van der Waals surface area contributed by atoms with Gasteiger partial charge in [-0.2, -0.15) is 0 Å². The van der Waals surface area contributed by atoms with Crippen LogP contribution in [0, 0.1) is 0 Å².